The Bertz CT molecular complexity index is 408. The van der Waals surface area contributed by atoms with Crippen molar-refractivity contribution >= 4 is 33.2 Å². The molecule has 0 aromatic heterocycles. The van der Waals surface area contributed by atoms with Crippen LogP contribution in [0.3, 0.4) is 0 Å². The zero-order valence-corrected chi connectivity index (χ0v) is 8.98. The van der Waals surface area contributed by atoms with Crippen LogP contribution >= 0.6 is 15.9 Å². The molecule has 1 unspecified atom stereocenters. The van der Waals surface area contributed by atoms with Crippen LogP contribution in [-0.4, -0.2) is 11.9 Å². The first-order valence-corrected chi connectivity index (χ1v) is 4.93. The van der Waals surface area contributed by atoms with Gasteiger partial charge in [-0.3, -0.25) is 4.79 Å². The molecule has 0 saturated heterocycles. The summed E-state index contributed by atoms with van der Waals surface area (Å²) in [5.41, 5.74) is 0.820. The van der Waals surface area contributed by atoms with Crippen LogP contribution in [0.25, 0.3) is 0 Å². The van der Waals surface area contributed by atoms with Crippen molar-refractivity contribution in [1.82, 2.24) is 0 Å². The van der Waals surface area contributed by atoms with E-state index in [4.69, 9.17) is 0 Å². The Morgan fingerprint density at radius 3 is 2.93 bits per heavy atom. The van der Waals surface area contributed by atoms with Gasteiger partial charge in [0.2, 0.25) is 5.91 Å². The van der Waals surface area contributed by atoms with Gasteiger partial charge in [-0.15, -0.1) is 0 Å². The van der Waals surface area contributed by atoms with Crippen molar-refractivity contribution in [2.24, 2.45) is 0 Å². The molecule has 1 aliphatic rings. The van der Waals surface area contributed by atoms with Crippen molar-refractivity contribution in [2.75, 3.05) is 10.6 Å². The first-order valence-electron chi connectivity index (χ1n) is 4.14. The normalized spacial score (nSPS) is 19.6. The van der Waals surface area contributed by atoms with Crippen LogP contribution in [-0.2, 0) is 4.79 Å². The minimum Gasteiger partial charge on any atom is -0.370 e. The number of fused-ring (bicyclic) bond motifs is 1. The van der Waals surface area contributed by atoms with Crippen LogP contribution < -0.4 is 10.6 Å². The summed E-state index contributed by atoms with van der Waals surface area (Å²) in [6, 6.07) is 2.61. The molecular weight excluding hydrogens is 251 g/mol. The molecule has 1 amide bonds. The molecule has 0 aliphatic carbocycles. The molecule has 2 rings (SSSR count). The summed E-state index contributed by atoms with van der Waals surface area (Å²) in [6.07, 6.45) is 0. The maximum Gasteiger partial charge on any atom is 0.246 e. The number of carbonyl (C=O) groups excluding carboxylic acids is 1. The summed E-state index contributed by atoms with van der Waals surface area (Å²) in [4.78, 5) is 11.3. The number of anilines is 2. The van der Waals surface area contributed by atoms with Crippen LogP contribution in [0.15, 0.2) is 16.6 Å². The summed E-state index contributed by atoms with van der Waals surface area (Å²) in [5, 5.41) is 5.42. The Morgan fingerprint density at radius 1 is 1.50 bits per heavy atom. The van der Waals surface area contributed by atoms with Gasteiger partial charge in [0.15, 0.2) is 0 Å². The third kappa shape index (κ3) is 1.48. The Hall–Kier alpha value is -1.10. The number of hydrogen-bond donors (Lipinski definition) is 2. The van der Waals surface area contributed by atoms with E-state index in [1.54, 1.807) is 13.0 Å². The minimum absolute atomic E-state index is 0.157. The van der Waals surface area contributed by atoms with Gasteiger partial charge in [-0.1, -0.05) is 15.9 Å². The standard InChI is InChI=1S/C9H8BrFN2O/c1-4-9(14)13-7-3-5(10)2-6(11)8(7)12-4/h2-4,12H,1H3,(H,13,14). The number of hydrogen-bond acceptors (Lipinski definition) is 2. The topological polar surface area (TPSA) is 41.1 Å². The van der Waals surface area contributed by atoms with E-state index < -0.39 is 6.04 Å². The van der Waals surface area contributed by atoms with Crippen LogP contribution in [0, 0.1) is 5.82 Å². The average molecular weight is 259 g/mol. The van der Waals surface area contributed by atoms with Gasteiger partial charge in [-0.05, 0) is 19.1 Å². The third-order valence-corrected chi connectivity index (χ3v) is 2.52. The monoisotopic (exact) mass is 258 g/mol. The highest BCUT2D eigenvalue weighted by molar-refractivity contribution is 9.10. The highest BCUT2D eigenvalue weighted by atomic mass is 79.9. The van der Waals surface area contributed by atoms with Crippen molar-refractivity contribution in [3.05, 3.63) is 22.4 Å². The summed E-state index contributed by atoms with van der Waals surface area (Å²) in [6.45, 7) is 1.68. The molecule has 0 spiro atoms. The second-order valence-corrected chi connectivity index (χ2v) is 4.08. The second kappa shape index (κ2) is 3.24. The first kappa shape index (κ1) is 9.45. The van der Waals surface area contributed by atoms with Crippen molar-refractivity contribution in [1.29, 1.82) is 0 Å². The third-order valence-electron chi connectivity index (χ3n) is 2.07. The van der Waals surface area contributed by atoms with Crippen molar-refractivity contribution in [2.45, 2.75) is 13.0 Å². The lowest BCUT2D eigenvalue weighted by molar-refractivity contribution is -0.116. The molecule has 5 heteroatoms. The van der Waals surface area contributed by atoms with Crippen LogP contribution in [0.4, 0.5) is 15.8 Å². The van der Waals surface area contributed by atoms with Gasteiger partial charge in [0.25, 0.3) is 0 Å². The van der Waals surface area contributed by atoms with Crippen molar-refractivity contribution < 1.29 is 9.18 Å². The molecule has 1 aliphatic heterocycles. The van der Waals surface area contributed by atoms with Crippen molar-refractivity contribution in [3.63, 3.8) is 0 Å². The predicted molar refractivity (Wildman–Crippen MR) is 55.8 cm³/mol. The SMILES string of the molecule is CC1Nc2c(F)cc(Br)cc2NC1=O. The molecule has 74 valence electrons. The summed E-state index contributed by atoms with van der Waals surface area (Å²) >= 11 is 3.16. The van der Waals surface area contributed by atoms with Gasteiger partial charge >= 0.3 is 0 Å². The lowest BCUT2D eigenvalue weighted by Gasteiger charge is -2.24. The molecular formula is C9H8BrFN2O. The van der Waals surface area contributed by atoms with Gasteiger partial charge in [0.1, 0.15) is 11.9 Å². The van der Waals surface area contributed by atoms with Crippen LogP contribution in [0.2, 0.25) is 0 Å². The largest absolute Gasteiger partial charge is 0.370 e. The zero-order chi connectivity index (χ0) is 10.3. The Balaban J connectivity index is 2.51. The predicted octanol–water partition coefficient (Wildman–Crippen LogP) is 2.34. The Labute approximate surface area is 88.8 Å². The lowest BCUT2D eigenvalue weighted by Crippen LogP contribution is -2.36. The first-order chi connectivity index (χ1) is 6.58. The highest BCUT2D eigenvalue weighted by Crippen LogP contribution is 2.32. The average Bonchev–Trinajstić information content (AvgIpc) is 2.08. The van der Waals surface area contributed by atoms with Gasteiger partial charge in [0, 0.05) is 4.47 Å². The van der Waals surface area contributed by atoms with E-state index >= 15 is 0 Å². The Morgan fingerprint density at radius 2 is 2.21 bits per heavy atom. The number of rotatable bonds is 0. The molecule has 0 bridgehead atoms. The van der Waals surface area contributed by atoms with Crippen LogP contribution in [0.1, 0.15) is 6.92 Å². The number of amides is 1. The quantitative estimate of drug-likeness (QED) is 0.750. The number of carbonyl (C=O) groups is 1. The van der Waals surface area contributed by atoms with E-state index in [1.165, 1.54) is 6.07 Å². The molecule has 1 atom stereocenters. The second-order valence-electron chi connectivity index (χ2n) is 3.17. The molecule has 0 radical (unpaired) electrons. The zero-order valence-electron chi connectivity index (χ0n) is 7.40. The van der Waals surface area contributed by atoms with E-state index in [9.17, 15) is 9.18 Å². The van der Waals surface area contributed by atoms with E-state index in [-0.39, 0.29) is 11.7 Å². The highest BCUT2D eigenvalue weighted by Gasteiger charge is 2.23. The fourth-order valence-corrected chi connectivity index (χ4v) is 1.77. The molecule has 3 nitrogen and oxygen atoms in total. The number of halogens is 2. The fourth-order valence-electron chi connectivity index (χ4n) is 1.34. The molecule has 1 aromatic rings. The number of benzene rings is 1. The van der Waals surface area contributed by atoms with Crippen LogP contribution in [0.5, 0.6) is 0 Å². The smallest absolute Gasteiger partial charge is 0.246 e. The van der Waals surface area contributed by atoms with Crippen molar-refractivity contribution in [3.8, 4) is 0 Å². The minimum atomic E-state index is -0.404. The molecule has 0 fully saturated rings. The van der Waals surface area contributed by atoms with E-state index in [1.807, 2.05) is 0 Å². The maximum atomic E-state index is 13.4. The molecule has 2 N–H and O–H groups in total. The van der Waals surface area contributed by atoms with Gasteiger partial charge < -0.3 is 10.6 Å². The van der Waals surface area contributed by atoms with E-state index in [0.717, 1.165) is 0 Å². The number of nitrogens with one attached hydrogen (secondary N) is 2. The Kier molecular flexibility index (Phi) is 2.19. The fraction of sp³-hybridized carbons (Fsp3) is 0.222. The van der Waals surface area contributed by atoms with Gasteiger partial charge in [0.05, 0.1) is 11.4 Å². The molecule has 0 saturated carbocycles. The summed E-state index contributed by atoms with van der Waals surface area (Å²) in [7, 11) is 0. The van der Waals surface area contributed by atoms with Gasteiger partial charge in [-0.2, -0.15) is 0 Å². The summed E-state index contributed by atoms with van der Waals surface area (Å²) in [5.74, 6) is -0.531. The van der Waals surface area contributed by atoms with Gasteiger partial charge in [-0.25, -0.2) is 4.39 Å². The molecule has 1 heterocycles. The lowest BCUT2D eigenvalue weighted by atomic mass is 10.1. The van der Waals surface area contributed by atoms with E-state index in [0.29, 0.717) is 15.8 Å². The summed E-state index contributed by atoms with van der Waals surface area (Å²) < 4.78 is 14.0. The molecule has 14 heavy (non-hydrogen) atoms. The maximum absolute atomic E-state index is 13.4. The van der Waals surface area contributed by atoms with E-state index in [2.05, 4.69) is 26.6 Å². The molecule has 1 aromatic carbocycles.